The number of hydrogen-bond donors (Lipinski definition) is 2. The van der Waals surface area contributed by atoms with E-state index in [0.29, 0.717) is 24.5 Å². The fourth-order valence-corrected chi connectivity index (χ4v) is 2.15. The zero-order valence-corrected chi connectivity index (χ0v) is 12.2. The third kappa shape index (κ3) is 4.58. The molecule has 0 aromatic carbocycles. The molecule has 1 rings (SSSR count). The molecule has 1 aliphatic carbocycles. The summed E-state index contributed by atoms with van der Waals surface area (Å²) < 4.78 is 4.94. The van der Waals surface area contributed by atoms with E-state index >= 15 is 0 Å². The molecular weight excluding hydrogens is 228 g/mol. The Bertz CT molecular complexity index is 263. The van der Waals surface area contributed by atoms with Gasteiger partial charge in [0, 0.05) is 26.8 Å². The normalized spacial score (nSPS) is 18.7. The van der Waals surface area contributed by atoms with Crippen molar-refractivity contribution in [3.8, 4) is 0 Å². The molecule has 0 aliphatic heterocycles. The maximum absolute atomic E-state index is 11.8. The Balaban J connectivity index is 2.16. The van der Waals surface area contributed by atoms with Crippen molar-refractivity contribution in [1.29, 1.82) is 0 Å². The second-order valence-corrected chi connectivity index (χ2v) is 5.76. The first-order valence-corrected chi connectivity index (χ1v) is 7.02. The van der Waals surface area contributed by atoms with Crippen LogP contribution in [0, 0.1) is 11.3 Å². The molecule has 1 fully saturated rings. The number of hydrogen-bond acceptors (Lipinski definition) is 3. The molecule has 4 heteroatoms. The van der Waals surface area contributed by atoms with Crippen molar-refractivity contribution in [1.82, 2.24) is 10.6 Å². The van der Waals surface area contributed by atoms with Gasteiger partial charge in [-0.25, -0.2) is 0 Å². The number of ether oxygens (including phenoxy) is 1. The third-order valence-corrected chi connectivity index (χ3v) is 4.10. The summed E-state index contributed by atoms with van der Waals surface area (Å²) in [5.41, 5.74) is 0.449. The average Bonchev–Trinajstić information content (AvgIpc) is 3.12. The first-order valence-electron chi connectivity index (χ1n) is 7.02. The van der Waals surface area contributed by atoms with Gasteiger partial charge in [0.15, 0.2) is 0 Å². The minimum Gasteiger partial charge on any atom is -0.385 e. The Morgan fingerprint density at radius 1 is 1.33 bits per heavy atom. The molecule has 0 radical (unpaired) electrons. The summed E-state index contributed by atoms with van der Waals surface area (Å²) in [7, 11) is 1.67. The lowest BCUT2D eigenvalue weighted by molar-refractivity contribution is -0.122. The van der Waals surface area contributed by atoms with Gasteiger partial charge in [0.1, 0.15) is 0 Å². The Kier molecular flexibility index (Phi) is 6.09. The number of methoxy groups -OCH3 is 1. The van der Waals surface area contributed by atoms with Gasteiger partial charge in [0.25, 0.3) is 0 Å². The van der Waals surface area contributed by atoms with Crippen LogP contribution in [0.15, 0.2) is 0 Å². The molecule has 0 bridgehead atoms. The number of carbonyl (C=O) groups excluding carboxylic acids is 1. The second kappa shape index (κ2) is 7.10. The van der Waals surface area contributed by atoms with Crippen LogP contribution in [0.1, 0.15) is 40.0 Å². The van der Waals surface area contributed by atoms with E-state index in [-0.39, 0.29) is 11.9 Å². The van der Waals surface area contributed by atoms with Crippen molar-refractivity contribution in [3.63, 3.8) is 0 Å². The van der Waals surface area contributed by atoms with Gasteiger partial charge in [-0.1, -0.05) is 13.8 Å². The molecule has 18 heavy (non-hydrogen) atoms. The Morgan fingerprint density at radius 2 is 2.00 bits per heavy atom. The van der Waals surface area contributed by atoms with Crippen molar-refractivity contribution in [2.75, 3.05) is 26.8 Å². The van der Waals surface area contributed by atoms with Crippen LogP contribution in [-0.4, -0.2) is 38.8 Å². The van der Waals surface area contributed by atoms with Crippen molar-refractivity contribution >= 4 is 5.91 Å². The highest BCUT2D eigenvalue weighted by Crippen LogP contribution is 2.51. The molecule has 1 amide bonds. The summed E-state index contributed by atoms with van der Waals surface area (Å²) in [6, 6.07) is -0.108. The van der Waals surface area contributed by atoms with Crippen molar-refractivity contribution in [2.24, 2.45) is 11.3 Å². The molecular formula is C14H28N2O2. The average molecular weight is 256 g/mol. The van der Waals surface area contributed by atoms with Gasteiger partial charge in [0.05, 0.1) is 6.04 Å². The van der Waals surface area contributed by atoms with Gasteiger partial charge < -0.3 is 15.4 Å². The van der Waals surface area contributed by atoms with Gasteiger partial charge in [0.2, 0.25) is 5.91 Å². The van der Waals surface area contributed by atoms with Gasteiger partial charge in [-0.05, 0) is 37.5 Å². The molecule has 0 heterocycles. The lowest BCUT2D eigenvalue weighted by Gasteiger charge is -2.22. The molecule has 1 atom stereocenters. The number of nitrogens with one attached hydrogen (secondary N) is 2. The summed E-state index contributed by atoms with van der Waals surface area (Å²) in [5, 5.41) is 6.29. The Morgan fingerprint density at radius 3 is 2.50 bits per heavy atom. The minimum absolute atomic E-state index is 0.0886. The predicted octanol–water partition coefficient (Wildman–Crippen LogP) is 1.55. The fourth-order valence-electron chi connectivity index (χ4n) is 2.15. The fraction of sp³-hybridized carbons (Fsp3) is 0.929. The number of amides is 1. The lowest BCUT2D eigenvalue weighted by Crippen LogP contribution is -2.45. The van der Waals surface area contributed by atoms with Crippen LogP contribution in [0.5, 0.6) is 0 Å². The van der Waals surface area contributed by atoms with E-state index in [1.165, 1.54) is 12.8 Å². The molecule has 4 nitrogen and oxygen atoms in total. The molecule has 0 aromatic heterocycles. The second-order valence-electron chi connectivity index (χ2n) is 5.76. The number of carbonyl (C=O) groups is 1. The smallest absolute Gasteiger partial charge is 0.236 e. The van der Waals surface area contributed by atoms with E-state index in [2.05, 4.69) is 24.5 Å². The summed E-state index contributed by atoms with van der Waals surface area (Å²) in [4.78, 5) is 11.8. The molecule has 1 aliphatic rings. The van der Waals surface area contributed by atoms with Crippen LogP contribution in [-0.2, 0) is 9.53 Å². The van der Waals surface area contributed by atoms with Crippen LogP contribution in [0.2, 0.25) is 0 Å². The van der Waals surface area contributed by atoms with Gasteiger partial charge in [-0.2, -0.15) is 0 Å². The molecule has 0 saturated heterocycles. The summed E-state index contributed by atoms with van der Waals surface area (Å²) >= 11 is 0. The van der Waals surface area contributed by atoms with Crippen LogP contribution in [0.25, 0.3) is 0 Å². The molecule has 0 spiro atoms. The lowest BCUT2D eigenvalue weighted by atomic mass is 9.92. The predicted molar refractivity (Wildman–Crippen MR) is 73.5 cm³/mol. The SMILES string of the molecule is COCCCNC(=O)C(C)NCC1(C(C)C)CC1. The largest absolute Gasteiger partial charge is 0.385 e. The molecule has 1 saturated carbocycles. The summed E-state index contributed by atoms with van der Waals surface area (Å²) in [6.07, 6.45) is 3.45. The standard InChI is InChI=1S/C14H28N2O2/c1-11(2)14(6-7-14)10-16-12(3)13(17)15-8-5-9-18-4/h11-12,16H,5-10H2,1-4H3,(H,15,17). The van der Waals surface area contributed by atoms with E-state index in [1.807, 2.05) is 6.92 Å². The zero-order chi connectivity index (χ0) is 13.6. The molecule has 106 valence electrons. The first-order chi connectivity index (χ1) is 8.52. The van der Waals surface area contributed by atoms with E-state index in [0.717, 1.165) is 13.0 Å². The quantitative estimate of drug-likeness (QED) is 0.615. The minimum atomic E-state index is -0.108. The van der Waals surface area contributed by atoms with E-state index < -0.39 is 0 Å². The summed E-state index contributed by atoms with van der Waals surface area (Å²) in [6.45, 7) is 8.81. The van der Waals surface area contributed by atoms with Gasteiger partial charge in [-0.3, -0.25) is 4.79 Å². The Hall–Kier alpha value is -0.610. The topological polar surface area (TPSA) is 50.4 Å². The van der Waals surface area contributed by atoms with Crippen LogP contribution in [0.3, 0.4) is 0 Å². The first kappa shape index (κ1) is 15.4. The van der Waals surface area contributed by atoms with E-state index in [9.17, 15) is 4.79 Å². The van der Waals surface area contributed by atoms with Crippen molar-refractivity contribution in [2.45, 2.75) is 46.1 Å². The molecule has 0 aromatic rings. The monoisotopic (exact) mass is 256 g/mol. The van der Waals surface area contributed by atoms with Gasteiger partial charge >= 0.3 is 0 Å². The van der Waals surface area contributed by atoms with E-state index in [1.54, 1.807) is 7.11 Å². The zero-order valence-electron chi connectivity index (χ0n) is 12.2. The summed E-state index contributed by atoms with van der Waals surface area (Å²) in [5.74, 6) is 0.785. The van der Waals surface area contributed by atoms with Crippen molar-refractivity contribution < 1.29 is 9.53 Å². The maximum atomic E-state index is 11.8. The molecule has 1 unspecified atom stereocenters. The third-order valence-electron chi connectivity index (χ3n) is 4.10. The molecule has 2 N–H and O–H groups in total. The van der Waals surface area contributed by atoms with Gasteiger partial charge in [-0.15, -0.1) is 0 Å². The Labute approximate surface area is 111 Å². The van der Waals surface area contributed by atoms with Crippen LogP contribution < -0.4 is 10.6 Å². The highest BCUT2D eigenvalue weighted by molar-refractivity contribution is 5.81. The highest BCUT2D eigenvalue weighted by Gasteiger charge is 2.45. The van der Waals surface area contributed by atoms with E-state index in [4.69, 9.17) is 4.74 Å². The van der Waals surface area contributed by atoms with Crippen LogP contribution in [0.4, 0.5) is 0 Å². The van der Waals surface area contributed by atoms with Crippen molar-refractivity contribution in [3.05, 3.63) is 0 Å². The maximum Gasteiger partial charge on any atom is 0.236 e. The highest BCUT2D eigenvalue weighted by atomic mass is 16.5. The number of rotatable bonds is 9. The van der Waals surface area contributed by atoms with Crippen LogP contribution >= 0.6 is 0 Å².